The highest BCUT2D eigenvalue weighted by Gasteiger charge is 2.28. The lowest BCUT2D eigenvalue weighted by Gasteiger charge is -2.03. The first kappa shape index (κ1) is 14.7. The lowest BCUT2D eigenvalue weighted by molar-refractivity contribution is -0.114. The van der Waals surface area contributed by atoms with Crippen molar-refractivity contribution in [2.75, 3.05) is 5.75 Å². The van der Waals surface area contributed by atoms with E-state index in [-0.39, 0.29) is 11.7 Å². The molecule has 1 N–H and O–H groups in total. The Bertz CT molecular complexity index is 834. The summed E-state index contributed by atoms with van der Waals surface area (Å²) in [5.74, 6) is -0.384. The highest BCUT2D eigenvalue weighted by molar-refractivity contribution is 7.90. The molecular weight excluding hydrogens is 300 g/mol. The minimum absolute atomic E-state index is 0.0325. The van der Waals surface area contributed by atoms with Crippen molar-refractivity contribution in [1.82, 2.24) is 9.71 Å². The normalized spacial score (nSPS) is 15.3. The van der Waals surface area contributed by atoms with E-state index in [9.17, 15) is 13.2 Å². The second-order valence-corrected chi connectivity index (χ2v) is 7.21. The van der Waals surface area contributed by atoms with Crippen molar-refractivity contribution < 1.29 is 13.2 Å². The molecular formula is C16H16N2O3S. The predicted octanol–water partition coefficient (Wildman–Crippen LogP) is 2.10. The first-order valence-electron chi connectivity index (χ1n) is 7.10. The van der Waals surface area contributed by atoms with Crippen molar-refractivity contribution in [3.8, 4) is 0 Å². The number of pyridine rings is 1. The molecule has 1 aromatic heterocycles. The average molecular weight is 316 g/mol. The lowest BCUT2D eigenvalue weighted by atomic mass is 10.1. The standard InChI is InChI=1S/C16H16N2O3S/c19-16(18-22(20,21)11-12-5-6-12)8-7-13-9-10-17-15-4-2-1-3-14(13)15/h1-4,7-10,12H,5-6,11H2,(H,18,19). The number of rotatable bonds is 5. The fraction of sp³-hybridized carbons (Fsp3) is 0.250. The largest absolute Gasteiger partial charge is 0.269 e. The van der Waals surface area contributed by atoms with Crippen LogP contribution in [0, 0.1) is 5.92 Å². The van der Waals surface area contributed by atoms with E-state index >= 15 is 0 Å². The Labute approximate surface area is 129 Å². The van der Waals surface area contributed by atoms with E-state index in [4.69, 9.17) is 0 Å². The molecule has 1 saturated carbocycles. The third-order valence-electron chi connectivity index (χ3n) is 3.51. The first-order valence-corrected chi connectivity index (χ1v) is 8.75. The number of nitrogens with one attached hydrogen (secondary N) is 1. The minimum Gasteiger partial charge on any atom is -0.269 e. The molecule has 5 nitrogen and oxygen atoms in total. The molecule has 1 aliphatic rings. The van der Waals surface area contributed by atoms with Crippen LogP contribution in [0.1, 0.15) is 18.4 Å². The van der Waals surface area contributed by atoms with Crippen LogP contribution in [-0.4, -0.2) is 25.1 Å². The van der Waals surface area contributed by atoms with Gasteiger partial charge in [-0.05, 0) is 42.5 Å². The van der Waals surface area contributed by atoms with E-state index in [1.807, 2.05) is 24.3 Å². The second kappa shape index (κ2) is 5.88. The summed E-state index contributed by atoms with van der Waals surface area (Å²) in [6, 6.07) is 9.35. The monoisotopic (exact) mass is 316 g/mol. The third kappa shape index (κ3) is 3.71. The van der Waals surface area contributed by atoms with Crippen molar-refractivity contribution in [2.24, 2.45) is 5.92 Å². The number of aromatic nitrogens is 1. The molecule has 1 amide bonds. The van der Waals surface area contributed by atoms with Gasteiger partial charge in [-0.15, -0.1) is 0 Å². The van der Waals surface area contributed by atoms with Gasteiger partial charge in [-0.25, -0.2) is 13.1 Å². The number of fused-ring (bicyclic) bond motifs is 1. The molecule has 114 valence electrons. The molecule has 0 spiro atoms. The quantitative estimate of drug-likeness (QED) is 0.857. The van der Waals surface area contributed by atoms with Crippen LogP contribution in [0.2, 0.25) is 0 Å². The molecule has 2 aromatic rings. The maximum atomic E-state index is 11.8. The summed E-state index contributed by atoms with van der Waals surface area (Å²) in [4.78, 5) is 16.0. The number of sulfonamides is 1. The van der Waals surface area contributed by atoms with Gasteiger partial charge < -0.3 is 0 Å². The number of hydrogen-bond donors (Lipinski definition) is 1. The summed E-state index contributed by atoms with van der Waals surface area (Å²) < 4.78 is 25.6. The number of para-hydroxylation sites is 1. The zero-order valence-electron chi connectivity index (χ0n) is 11.9. The van der Waals surface area contributed by atoms with Gasteiger partial charge in [-0.1, -0.05) is 18.2 Å². The number of carbonyl (C=O) groups is 1. The first-order chi connectivity index (χ1) is 10.5. The summed E-state index contributed by atoms with van der Waals surface area (Å²) in [6.07, 6.45) is 6.35. The van der Waals surface area contributed by atoms with Crippen LogP contribution in [0.5, 0.6) is 0 Å². The van der Waals surface area contributed by atoms with E-state index in [0.29, 0.717) is 0 Å². The van der Waals surface area contributed by atoms with Crippen molar-refractivity contribution in [2.45, 2.75) is 12.8 Å². The Morgan fingerprint density at radius 2 is 2.05 bits per heavy atom. The zero-order chi connectivity index (χ0) is 15.6. The van der Waals surface area contributed by atoms with Crippen LogP contribution in [0.3, 0.4) is 0 Å². The van der Waals surface area contributed by atoms with E-state index < -0.39 is 15.9 Å². The molecule has 0 saturated heterocycles. The molecule has 6 heteroatoms. The zero-order valence-corrected chi connectivity index (χ0v) is 12.7. The van der Waals surface area contributed by atoms with Gasteiger partial charge in [-0.2, -0.15) is 0 Å². The molecule has 1 aromatic carbocycles. The topological polar surface area (TPSA) is 76.1 Å². The van der Waals surface area contributed by atoms with Crippen molar-refractivity contribution >= 4 is 32.9 Å². The number of benzene rings is 1. The van der Waals surface area contributed by atoms with Crippen molar-refractivity contribution in [1.29, 1.82) is 0 Å². The van der Waals surface area contributed by atoms with Crippen LogP contribution in [0.25, 0.3) is 17.0 Å². The molecule has 0 unspecified atom stereocenters. The lowest BCUT2D eigenvalue weighted by Crippen LogP contribution is -2.31. The van der Waals surface area contributed by atoms with Crippen molar-refractivity contribution in [3.05, 3.63) is 48.2 Å². The highest BCUT2D eigenvalue weighted by Crippen LogP contribution is 2.29. The van der Waals surface area contributed by atoms with Gasteiger partial charge >= 0.3 is 0 Å². The van der Waals surface area contributed by atoms with E-state index in [2.05, 4.69) is 9.71 Å². The maximum absolute atomic E-state index is 11.8. The Morgan fingerprint density at radius 1 is 1.27 bits per heavy atom. The smallest absolute Gasteiger partial charge is 0.257 e. The summed E-state index contributed by atoms with van der Waals surface area (Å²) in [6.45, 7) is 0. The highest BCUT2D eigenvalue weighted by atomic mass is 32.2. The van der Waals surface area contributed by atoms with Crippen LogP contribution >= 0.6 is 0 Å². The molecule has 0 radical (unpaired) electrons. The van der Waals surface area contributed by atoms with Gasteiger partial charge in [0.05, 0.1) is 11.3 Å². The minimum atomic E-state index is -3.53. The molecule has 22 heavy (non-hydrogen) atoms. The number of hydrogen-bond acceptors (Lipinski definition) is 4. The van der Waals surface area contributed by atoms with Crippen LogP contribution in [0.4, 0.5) is 0 Å². The Balaban J connectivity index is 1.73. The van der Waals surface area contributed by atoms with Crippen LogP contribution in [-0.2, 0) is 14.8 Å². The van der Waals surface area contributed by atoms with Crippen LogP contribution in [0.15, 0.2) is 42.6 Å². The Kier molecular flexibility index (Phi) is 3.94. The molecule has 3 rings (SSSR count). The average Bonchev–Trinajstić information content (AvgIpc) is 3.27. The summed E-state index contributed by atoms with van der Waals surface area (Å²) in [5, 5.41) is 0.912. The van der Waals surface area contributed by atoms with Gasteiger partial charge in [0, 0.05) is 17.7 Å². The van der Waals surface area contributed by atoms with Gasteiger partial charge in [-0.3, -0.25) is 9.78 Å². The number of amides is 1. The maximum Gasteiger partial charge on any atom is 0.257 e. The predicted molar refractivity (Wildman–Crippen MR) is 85.4 cm³/mol. The summed E-state index contributed by atoms with van der Waals surface area (Å²) >= 11 is 0. The van der Waals surface area contributed by atoms with E-state index in [1.54, 1.807) is 18.3 Å². The second-order valence-electron chi connectivity index (χ2n) is 5.44. The molecule has 1 heterocycles. The van der Waals surface area contributed by atoms with Gasteiger partial charge in [0.15, 0.2) is 0 Å². The fourth-order valence-electron chi connectivity index (χ4n) is 2.25. The van der Waals surface area contributed by atoms with E-state index in [0.717, 1.165) is 29.3 Å². The summed E-state index contributed by atoms with van der Waals surface area (Å²) in [5.41, 5.74) is 1.65. The SMILES string of the molecule is O=C(C=Cc1ccnc2ccccc12)NS(=O)(=O)CC1CC1. The van der Waals surface area contributed by atoms with Gasteiger partial charge in [0.2, 0.25) is 10.0 Å². The Morgan fingerprint density at radius 3 is 2.82 bits per heavy atom. The van der Waals surface area contributed by atoms with Gasteiger partial charge in [0.1, 0.15) is 0 Å². The molecule has 1 aliphatic carbocycles. The molecule has 0 atom stereocenters. The molecule has 0 bridgehead atoms. The summed E-state index contributed by atoms with van der Waals surface area (Å²) in [7, 11) is -3.53. The number of carbonyl (C=O) groups excluding carboxylic acids is 1. The van der Waals surface area contributed by atoms with Gasteiger partial charge in [0.25, 0.3) is 5.91 Å². The third-order valence-corrected chi connectivity index (χ3v) is 4.93. The number of nitrogens with zero attached hydrogens (tertiary/aromatic N) is 1. The fourth-order valence-corrected chi connectivity index (χ4v) is 3.66. The Hall–Kier alpha value is -2.21. The molecule has 0 aliphatic heterocycles. The van der Waals surface area contributed by atoms with Crippen molar-refractivity contribution in [3.63, 3.8) is 0 Å². The van der Waals surface area contributed by atoms with Crippen LogP contribution < -0.4 is 4.72 Å². The van der Waals surface area contributed by atoms with E-state index in [1.165, 1.54) is 6.08 Å². The molecule has 1 fully saturated rings.